The van der Waals surface area contributed by atoms with Crippen LogP contribution < -0.4 is 14.4 Å². The van der Waals surface area contributed by atoms with E-state index in [0.717, 1.165) is 4.88 Å². The van der Waals surface area contributed by atoms with E-state index in [0.29, 0.717) is 30.3 Å². The topological polar surface area (TPSA) is 59.1 Å². The van der Waals surface area contributed by atoms with Crippen molar-refractivity contribution in [3.05, 3.63) is 40.6 Å². The van der Waals surface area contributed by atoms with Gasteiger partial charge in [0.25, 0.3) is 0 Å². The zero-order chi connectivity index (χ0) is 18.7. The van der Waals surface area contributed by atoms with Crippen molar-refractivity contribution in [3.63, 3.8) is 0 Å². The Kier molecular flexibility index (Phi) is 5.46. The number of nitrogens with zero attached hydrogens (tertiary/aromatic N) is 2. The van der Waals surface area contributed by atoms with Gasteiger partial charge in [0, 0.05) is 31.0 Å². The summed E-state index contributed by atoms with van der Waals surface area (Å²) in [7, 11) is 4.91. The van der Waals surface area contributed by atoms with Crippen LogP contribution in [-0.2, 0) is 16.1 Å². The maximum Gasteiger partial charge on any atom is 0.228 e. The Morgan fingerprint density at radius 3 is 2.77 bits per heavy atom. The molecule has 1 atom stereocenters. The molecule has 0 radical (unpaired) electrons. The van der Waals surface area contributed by atoms with Gasteiger partial charge in [-0.15, -0.1) is 11.3 Å². The average Bonchev–Trinajstić information content (AvgIpc) is 3.30. The standard InChI is InChI=1S/C19H22N2O4S/c1-20(12-15-5-4-8-26-15)19(23)13-9-18(22)21(11-13)16-10-14(24-2)6-7-17(16)25-3/h4-8,10,13H,9,11-12H2,1-3H3. The quantitative estimate of drug-likeness (QED) is 0.780. The van der Waals surface area contributed by atoms with Crippen molar-refractivity contribution in [2.24, 2.45) is 5.92 Å². The molecule has 0 bridgehead atoms. The van der Waals surface area contributed by atoms with Crippen LogP contribution in [0.15, 0.2) is 35.7 Å². The Morgan fingerprint density at radius 1 is 1.31 bits per heavy atom. The summed E-state index contributed by atoms with van der Waals surface area (Å²) in [5.74, 6) is 0.760. The van der Waals surface area contributed by atoms with Crippen molar-refractivity contribution in [3.8, 4) is 11.5 Å². The van der Waals surface area contributed by atoms with E-state index in [-0.39, 0.29) is 24.2 Å². The second kappa shape index (κ2) is 7.78. The zero-order valence-corrected chi connectivity index (χ0v) is 15.9. The minimum atomic E-state index is -0.358. The number of amides is 2. The van der Waals surface area contributed by atoms with Crippen LogP contribution >= 0.6 is 11.3 Å². The molecule has 0 saturated carbocycles. The Hall–Kier alpha value is -2.54. The number of thiophene rings is 1. The predicted molar refractivity (Wildman–Crippen MR) is 101 cm³/mol. The summed E-state index contributed by atoms with van der Waals surface area (Å²) in [6.07, 6.45) is 0.202. The maximum absolute atomic E-state index is 12.8. The largest absolute Gasteiger partial charge is 0.497 e. The van der Waals surface area contributed by atoms with E-state index < -0.39 is 0 Å². The maximum atomic E-state index is 12.8. The summed E-state index contributed by atoms with van der Waals surface area (Å²) in [5.41, 5.74) is 0.632. The van der Waals surface area contributed by atoms with Gasteiger partial charge in [-0.1, -0.05) is 6.07 Å². The molecule has 0 spiro atoms. The SMILES string of the molecule is COc1ccc(OC)c(N2CC(C(=O)N(C)Cc3cccs3)CC2=O)c1. The molecule has 1 unspecified atom stereocenters. The van der Waals surface area contributed by atoms with Crippen molar-refractivity contribution in [2.45, 2.75) is 13.0 Å². The van der Waals surface area contributed by atoms with Gasteiger partial charge in [-0.2, -0.15) is 0 Å². The molecule has 7 heteroatoms. The molecule has 1 saturated heterocycles. The highest BCUT2D eigenvalue weighted by atomic mass is 32.1. The Balaban J connectivity index is 1.75. The van der Waals surface area contributed by atoms with Crippen molar-refractivity contribution < 1.29 is 19.1 Å². The molecule has 6 nitrogen and oxygen atoms in total. The first-order chi connectivity index (χ1) is 12.5. The molecule has 138 valence electrons. The van der Waals surface area contributed by atoms with Crippen molar-refractivity contribution in [2.75, 3.05) is 32.7 Å². The first-order valence-electron chi connectivity index (χ1n) is 8.33. The Morgan fingerprint density at radius 2 is 2.12 bits per heavy atom. The highest BCUT2D eigenvalue weighted by molar-refractivity contribution is 7.09. The lowest BCUT2D eigenvalue weighted by atomic mass is 10.1. The van der Waals surface area contributed by atoms with E-state index in [1.807, 2.05) is 17.5 Å². The third kappa shape index (κ3) is 3.67. The van der Waals surface area contributed by atoms with Crippen LogP contribution in [0, 0.1) is 5.92 Å². The van der Waals surface area contributed by atoms with Crippen molar-refractivity contribution in [1.82, 2.24) is 4.90 Å². The molecule has 1 aromatic carbocycles. The van der Waals surface area contributed by atoms with E-state index in [1.165, 1.54) is 0 Å². The molecule has 1 fully saturated rings. The van der Waals surface area contributed by atoms with Crippen LogP contribution in [0.2, 0.25) is 0 Å². The molecule has 2 aromatic rings. The number of hydrogen-bond donors (Lipinski definition) is 0. The van der Waals surface area contributed by atoms with E-state index in [1.54, 1.807) is 60.6 Å². The lowest BCUT2D eigenvalue weighted by Crippen LogP contribution is -2.34. The lowest BCUT2D eigenvalue weighted by molar-refractivity contribution is -0.135. The number of benzene rings is 1. The molecule has 3 rings (SSSR count). The third-order valence-electron chi connectivity index (χ3n) is 4.50. The number of carbonyl (C=O) groups excluding carboxylic acids is 2. The van der Waals surface area contributed by atoms with Gasteiger partial charge in [0.1, 0.15) is 11.5 Å². The molecular formula is C19H22N2O4S. The van der Waals surface area contributed by atoms with Crippen molar-refractivity contribution >= 4 is 28.8 Å². The van der Waals surface area contributed by atoms with Gasteiger partial charge < -0.3 is 19.3 Å². The highest BCUT2D eigenvalue weighted by Crippen LogP contribution is 2.36. The van der Waals surface area contributed by atoms with E-state index in [9.17, 15) is 9.59 Å². The van der Waals surface area contributed by atoms with Crippen molar-refractivity contribution in [1.29, 1.82) is 0 Å². The summed E-state index contributed by atoms with van der Waals surface area (Å²) in [6.45, 7) is 0.902. The third-order valence-corrected chi connectivity index (χ3v) is 5.36. The molecule has 2 heterocycles. The first kappa shape index (κ1) is 18.3. The van der Waals surface area contributed by atoms with E-state index in [2.05, 4.69) is 0 Å². The van der Waals surface area contributed by atoms with Crippen LogP contribution in [-0.4, -0.2) is 44.5 Å². The van der Waals surface area contributed by atoms with Gasteiger partial charge >= 0.3 is 0 Å². The van der Waals surface area contributed by atoms with Gasteiger partial charge in [-0.25, -0.2) is 0 Å². The highest BCUT2D eigenvalue weighted by Gasteiger charge is 2.37. The van der Waals surface area contributed by atoms with Gasteiger partial charge in [0.05, 0.1) is 32.4 Å². The number of hydrogen-bond acceptors (Lipinski definition) is 5. The second-order valence-electron chi connectivity index (χ2n) is 6.22. The number of carbonyl (C=O) groups is 2. The smallest absolute Gasteiger partial charge is 0.228 e. The first-order valence-corrected chi connectivity index (χ1v) is 9.21. The molecule has 1 aliphatic rings. The fourth-order valence-electron chi connectivity index (χ4n) is 3.14. The number of ether oxygens (including phenoxy) is 2. The normalized spacial score (nSPS) is 16.7. The second-order valence-corrected chi connectivity index (χ2v) is 7.25. The number of anilines is 1. The predicted octanol–water partition coefficient (Wildman–Crippen LogP) is 2.78. The van der Waals surface area contributed by atoms with E-state index in [4.69, 9.17) is 9.47 Å². The average molecular weight is 374 g/mol. The number of methoxy groups -OCH3 is 2. The van der Waals surface area contributed by atoms with E-state index >= 15 is 0 Å². The summed E-state index contributed by atoms with van der Waals surface area (Å²) < 4.78 is 10.6. The molecule has 2 amide bonds. The molecule has 26 heavy (non-hydrogen) atoms. The minimum Gasteiger partial charge on any atom is -0.497 e. The van der Waals surface area contributed by atoms with Crippen LogP contribution in [0.25, 0.3) is 0 Å². The molecule has 0 N–H and O–H groups in total. The minimum absolute atomic E-state index is 0.0175. The molecule has 0 aliphatic carbocycles. The van der Waals surface area contributed by atoms with Gasteiger partial charge in [0.15, 0.2) is 0 Å². The fourth-order valence-corrected chi connectivity index (χ4v) is 3.90. The zero-order valence-electron chi connectivity index (χ0n) is 15.1. The summed E-state index contributed by atoms with van der Waals surface area (Å²) in [4.78, 5) is 29.8. The van der Waals surface area contributed by atoms with Crippen LogP contribution in [0.3, 0.4) is 0 Å². The fraction of sp³-hybridized carbons (Fsp3) is 0.368. The summed E-state index contributed by atoms with van der Waals surface area (Å²) in [6, 6.07) is 9.27. The Labute approximate surface area is 156 Å². The van der Waals surface area contributed by atoms with Gasteiger partial charge in [0.2, 0.25) is 11.8 Å². The molecule has 1 aliphatic heterocycles. The van der Waals surface area contributed by atoms with Gasteiger partial charge in [-0.05, 0) is 23.6 Å². The Bertz CT molecular complexity index is 791. The lowest BCUT2D eigenvalue weighted by Gasteiger charge is -2.22. The summed E-state index contributed by atoms with van der Waals surface area (Å²) in [5, 5.41) is 1.99. The molecular weight excluding hydrogens is 352 g/mol. The van der Waals surface area contributed by atoms with Crippen LogP contribution in [0.4, 0.5) is 5.69 Å². The monoisotopic (exact) mass is 374 g/mol. The van der Waals surface area contributed by atoms with Gasteiger partial charge in [-0.3, -0.25) is 9.59 Å². The summed E-state index contributed by atoms with van der Waals surface area (Å²) >= 11 is 1.62. The van der Waals surface area contributed by atoms with Crippen LogP contribution in [0.1, 0.15) is 11.3 Å². The van der Waals surface area contributed by atoms with Crippen LogP contribution in [0.5, 0.6) is 11.5 Å². The number of rotatable bonds is 6. The molecule has 1 aromatic heterocycles.